The first-order valence-corrected chi connectivity index (χ1v) is 7.75. The Kier molecular flexibility index (Phi) is 5.83. The Morgan fingerprint density at radius 1 is 1.12 bits per heavy atom. The zero-order chi connectivity index (χ0) is 19.6. The van der Waals surface area contributed by atoms with E-state index in [-0.39, 0.29) is 12.0 Å². The van der Waals surface area contributed by atoms with Crippen LogP contribution in [0.4, 0.5) is 9.59 Å². The summed E-state index contributed by atoms with van der Waals surface area (Å²) in [5.74, 6) is -1.49. The maximum atomic E-state index is 12.5. The van der Waals surface area contributed by atoms with E-state index >= 15 is 0 Å². The Morgan fingerprint density at radius 3 is 2.08 bits per heavy atom. The first-order valence-electron chi connectivity index (χ1n) is 7.75. The predicted molar refractivity (Wildman–Crippen MR) is 88.1 cm³/mol. The molecule has 25 heavy (non-hydrogen) atoms. The molecule has 0 aliphatic carbocycles. The van der Waals surface area contributed by atoms with E-state index < -0.39 is 41.2 Å². The van der Waals surface area contributed by atoms with Crippen LogP contribution in [0.3, 0.4) is 0 Å². The second-order valence-corrected chi connectivity index (χ2v) is 7.59. The molecule has 1 rings (SSSR count). The second-order valence-electron chi connectivity index (χ2n) is 7.59. The number of rotatable bonds is 2. The summed E-state index contributed by atoms with van der Waals surface area (Å²) in [6.07, 6.45) is -0.00418. The minimum atomic E-state index is -1.18. The van der Waals surface area contributed by atoms with E-state index in [1.165, 1.54) is 0 Å². The fourth-order valence-electron chi connectivity index (χ4n) is 2.04. The van der Waals surface area contributed by atoms with Crippen LogP contribution in [0.25, 0.3) is 0 Å². The smallest absolute Gasteiger partial charge is 0.418 e. The van der Waals surface area contributed by atoms with Crippen molar-refractivity contribution < 1.29 is 28.7 Å². The fourth-order valence-corrected chi connectivity index (χ4v) is 2.04. The lowest BCUT2D eigenvalue weighted by Gasteiger charge is -2.28. The zero-order valence-electron chi connectivity index (χ0n) is 15.3. The molecule has 9 nitrogen and oxygen atoms in total. The zero-order valence-corrected chi connectivity index (χ0v) is 15.3. The Labute approximate surface area is 146 Å². The van der Waals surface area contributed by atoms with Crippen LogP contribution in [0.2, 0.25) is 0 Å². The highest BCUT2D eigenvalue weighted by Crippen LogP contribution is 2.28. The molecule has 1 fully saturated rings. The number of primary amides is 1. The molecular formula is C16H25N3O6. The van der Waals surface area contributed by atoms with Gasteiger partial charge in [-0.15, -0.1) is 0 Å². The van der Waals surface area contributed by atoms with Crippen LogP contribution >= 0.6 is 0 Å². The van der Waals surface area contributed by atoms with Gasteiger partial charge in [0.05, 0.1) is 0 Å². The molecule has 0 saturated carbocycles. The van der Waals surface area contributed by atoms with E-state index in [1.807, 2.05) is 0 Å². The van der Waals surface area contributed by atoms with Gasteiger partial charge < -0.3 is 20.5 Å². The normalized spacial score (nSPS) is 19.8. The maximum Gasteiger partial charge on any atom is 0.418 e. The molecule has 0 bridgehead atoms. The van der Waals surface area contributed by atoms with E-state index in [0.29, 0.717) is 4.90 Å². The second kappa shape index (κ2) is 7.12. The van der Waals surface area contributed by atoms with Crippen LogP contribution in [0, 0.1) is 0 Å². The van der Waals surface area contributed by atoms with Crippen LogP contribution in [-0.2, 0) is 19.1 Å². The number of nitrogens with two attached hydrogens (primary N) is 1. The number of ether oxygens (including phenoxy) is 2. The third-order valence-electron chi connectivity index (χ3n) is 2.88. The van der Waals surface area contributed by atoms with Gasteiger partial charge in [-0.1, -0.05) is 0 Å². The minimum absolute atomic E-state index is 0.0421. The quantitative estimate of drug-likeness (QED) is 0.569. The highest BCUT2D eigenvalue weighted by atomic mass is 16.6. The van der Waals surface area contributed by atoms with Crippen molar-refractivity contribution >= 4 is 24.0 Å². The van der Waals surface area contributed by atoms with E-state index in [1.54, 1.807) is 41.5 Å². The average molecular weight is 355 g/mol. The van der Waals surface area contributed by atoms with Crippen molar-refractivity contribution in [2.24, 2.45) is 5.73 Å². The summed E-state index contributed by atoms with van der Waals surface area (Å²) in [7, 11) is 0. The van der Waals surface area contributed by atoms with Crippen LogP contribution in [0.1, 0.15) is 48.0 Å². The molecule has 0 aromatic rings. The van der Waals surface area contributed by atoms with Gasteiger partial charge in [-0.25, -0.2) is 19.3 Å². The molecule has 0 aromatic heterocycles. The van der Waals surface area contributed by atoms with Gasteiger partial charge in [0.25, 0.3) is 5.91 Å². The number of carbonyl (C=O) groups is 4. The number of esters is 1. The molecule has 3 N–H and O–H groups in total. The number of hydrogen-bond donors (Lipinski definition) is 2. The van der Waals surface area contributed by atoms with Crippen molar-refractivity contribution in [2.45, 2.75) is 65.2 Å². The van der Waals surface area contributed by atoms with Crippen LogP contribution in [0.5, 0.6) is 0 Å². The van der Waals surface area contributed by atoms with Crippen molar-refractivity contribution in [1.29, 1.82) is 0 Å². The Balaban J connectivity index is 3.13. The fraction of sp³-hybridized carbons (Fsp3) is 0.625. The molecule has 1 heterocycles. The third kappa shape index (κ3) is 6.09. The predicted octanol–water partition coefficient (Wildman–Crippen LogP) is 1.42. The highest BCUT2D eigenvalue weighted by Gasteiger charge is 2.47. The number of imide groups is 1. The summed E-state index contributed by atoms with van der Waals surface area (Å²) in [5, 5.41) is 2.16. The van der Waals surface area contributed by atoms with Crippen LogP contribution < -0.4 is 11.1 Å². The van der Waals surface area contributed by atoms with Gasteiger partial charge in [0, 0.05) is 18.2 Å². The number of amides is 4. The summed E-state index contributed by atoms with van der Waals surface area (Å²) in [6, 6.07) is -2.05. The monoisotopic (exact) mass is 355 g/mol. The standard InChI is InChI=1S/C16H25N3O6/c1-15(2,3)24-12(21)10-7-9(8-18-13(17)22)11(20)19(10)14(23)25-16(4,5)6/h8,10H,7H2,1-6H3,(H3,17,18,22)/b9-8-/t10-/m0/s1. The molecule has 1 atom stereocenters. The van der Waals surface area contributed by atoms with Gasteiger partial charge in [-0.2, -0.15) is 0 Å². The van der Waals surface area contributed by atoms with Crippen LogP contribution in [0.15, 0.2) is 11.8 Å². The van der Waals surface area contributed by atoms with Gasteiger partial charge in [0.15, 0.2) is 0 Å². The summed E-state index contributed by atoms with van der Waals surface area (Å²) in [5.41, 5.74) is 3.36. The van der Waals surface area contributed by atoms with Gasteiger partial charge in [0.2, 0.25) is 0 Å². The van der Waals surface area contributed by atoms with Crippen molar-refractivity contribution in [3.63, 3.8) is 0 Å². The lowest BCUT2D eigenvalue weighted by atomic mass is 10.1. The Hall–Kier alpha value is -2.58. The lowest BCUT2D eigenvalue weighted by molar-refractivity contribution is -0.161. The van der Waals surface area contributed by atoms with Crippen molar-refractivity contribution in [1.82, 2.24) is 10.2 Å². The molecule has 1 aliphatic rings. The van der Waals surface area contributed by atoms with E-state index in [2.05, 4.69) is 5.32 Å². The average Bonchev–Trinajstić information content (AvgIpc) is 2.69. The SMILES string of the molecule is CC(C)(C)OC(=O)[C@@H]1C/C(=C/NC(N)=O)C(=O)N1C(=O)OC(C)(C)C. The first kappa shape index (κ1) is 20.5. The van der Waals surface area contributed by atoms with Gasteiger partial charge in [-0.05, 0) is 41.5 Å². The molecule has 0 spiro atoms. The largest absolute Gasteiger partial charge is 0.458 e. The van der Waals surface area contributed by atoms with Gasteiger partial charge >= 0.3 is 18.1 Å². The van der Waals surface area contributed by atoms with Gasteiger partial charge in [0.1, 0.15) is 17.2 Å². The number of likely N-dealkylation sites (tertiary alicyclic amines) is 1. The molecule has 9 heteroatoms. The molecule has 4 amide bonds. The number of urea groups is 1. The van der Waals surface area contributed by atoms with E-state index in [4.69, 9.17) is 15.2 Å². The summed E-state index contributed by atoms with van der Waals surface area (Å²) < 4.78 is 10.5. The minimum Gasteiger partial charge on any atom is -0.458 e. The summed E-state index contributed by atoms with van der Waals surface area (Å²) >= 11 is 0. The summed E-state index contributed by atoms with van der Waals surface area (Å²) in [6.45, 7) is 9.93. The van der Waals surface area contributed by atoms with Crippen molar-refractivity contribution in [3.8, 4) is 0 Å². The maximum absolute atomic E-state index is 12.5. The molecular weight excluding hydrogens is 330 g/mol. The number of carbonyl (C=O) groups excluding carboxylic acids is 4. The van der Waals surface area contributed by atoms with E-state index in [9.17, 15) is 19.2 Å². The molecule has 0 radical (unpaired) electrons. The van der Waals surface area contributed by atoms with Crippen molar-refractivity contribution in [3.05, 3.63) is 11.8 Å². The third-order valence-corrected chi connectivity index (χ3v) is 2.88. The molecule has 140 valence electrons. The molecule has 0 unspecified atom stereocenters. The number of hydrogen-bond acceptors (Lipinski definition) is 6. The Morgan fingerprint density at radius 2 is 1.64 bits per heavy atom. The lowest BCUT2D eigenvalue weighted by Crippen LogP contribution is -2.47. The first-order chi connectivity index (χ1) is 11.2. The van der Waals surface area contributed by atoms with E-state index in [0.717, 1.165) is 6.20 Å². The molecule has 0 aromatic carbocycles. The highest BCUT2D eigenvalue weighted by molar-refractivity contribution is 6.09. The summed E-state index contributed by atoms with van der Waals surface area (Å²) in [4.78, 5) is 48.8. The topological polar surface area (TPSA) is 128 Å². The Bertz CT molecular complexity index is 612. The molecule has 1 aliphatic heterocycles. The number of nitrogens with zero attached hydrogens (tertiary/aromatic N) is 1. The number of nitrogens with one attached hydrogen (secondary N) is 1. The van der Waals surface area contributed by atoms with Crippen LogP contribution in [-0.4, -0.2) is 46.1 Å². The van der Waals surface area contributed by atoms with Gasteiger partial charge in [-0.3, -0.25) is 4.79 Å². The molecule has 1 saturated heterocycles. The van der Waals surface area contributed by atoms with Crippen molar-refractivity contribution in [2.75, 3.05) is 0 Å².